The summed E-state index contributed by atoms with van der Waals surface area (Å²) in [4.78, 5) is 35.5. The Labute approximate surface area is 375 Å². The average molecular weight is 881 g/mol. The minimum Gasteiger partial charge on any atom is -0.462 e. The Kier molecular flexibility index (Phi) is 41.8. The smallest absolute Gasteiger partial charge is 0.462 e. The maximum Gasteiger partial charge on any atom is 0.472 e. The molecule has 0 aromatic heterocycles. The number of esters is 2. The Balaban J connectivity index is 4.24. The third kappa shape index (κ3) is 47.3. The van der Waals surface area contributed by atoms with Gasteiger partial charge in [0.25, 0.3) is 0 Å². The van der Waals surface area contributed by atoms with E-state index in [1.54, 1.807) is 0 Å². The van der Waals surface area contributed by atoms with Gasteiger partial charge in [-0.2, -0.15) is 0 Å². The number of likely N-dealkylation sites (N-methyl/N-ethyl adjacent to an activating group) is 1. The fourth-order valence-corrected chi connectivity index (χ4v) is 7.51. The molecule has 0 radical (unpaired) electrons. The van der Waals surface area contributed by atoms with Gasteiger partial charge in [-0.15, -0.1) is 0 Å². The number of allylic oxidation sites excluding steroid dienone is 8. The molecule has 0 aromatic rings. The molecule has 0 aromatic carbocycles. The summed E-state index contributed by atoms with van der Waals surface area (Å²) in [6.07, 6.45) is 51.6. The molecule has 0 saturated carbocycles. The minimum atomic E-state index is -4.38. The molecule has 0 heterocycles. The number of hydrogen-bond acceptors (Lipinski definition) is 7. The lowest BCUT2D eigenvalue weighted by Crippen LogP contribution is -2.37. The highest BCUT2D eigenvalue weighted by atomic mass is 31.2. The van der Waals surface area contributed by atoms with Crippen LogP contribution in [0.25, 0.3) is 0 Å². The minimum absolute atomic E-state index is 0.0309. The van der Waals surface area contributed by atoms with Crippen molar-refractivity contribution in [2.24, 2.45) is 0 Å². The molecular formula is C51H95NO8P+. The molecule has 61 heavy (non-hydrogen) atoms. The lowest BCUT2D eigenvalue weighted by molar-refractivity contribution is -0.870. The number of phosphoric ester groups is 1. The zero-order valence-electron chi connectivity index (χ0n) is 40.1. The number of carbonyl (C=O) groups is 2. The predicted octanol–water partition coefficient (Wildman–Crippen LogP) is 14.6. The SMILES string of the molecule is CC/C=C\C/C=C\C/C=C\C/C=C\CCCCCCCCCCCCC(=O)OC(COC(=O)CCCCCCCCCCCCCCCC)COP(=O)(O)OCC[N+](C)(C)C. The predicted molar refractivity (Wildman–Crippen MR) is 257 cm³/mol. The van der Waals surface area contributed by atoms with E-state index in [1.165, 1.54) is 109 Å². The van der Waals surface area contributed by atoms with Crippen LogP contribution in [-0.2, 0) is 32.7 Å². The van der Waals surface area contributed by atoms with Gasteiger partial charge >= 0.3 is 19.8 Å². The van der Waals surface area contributed by atoms with Crippen LogP contribution in [0.1, 0.15) is 213 Å². The van der Waals surface area contributed by atoms with E-state index in [4.69, 9.17) is 18.5 Å². The van der Waals surface area contributed by atoms with Gasteiger partial charge in [0.2, 0.25) is 0 Å². The summed E-state index contributed by atoms with van der Waals surface area (Å²) in [6, 6.07) is 0. The molecule has 2 unspecified atom stereocenters. The Morgan fingerprint density at radius 3 is 1.39 bits per heavy atom. The first kappa shape index (κ1) is 59.0. The van der Waals surface area contributed by atoms with Gasteiger partial charge in [-0.1, -0.05) is 197 Å². The van der Waals surface area contributed by atoms with E-state index in [2.05, 4.69) is 62.5 Å². The van der Waals surface area contributed by atoms with E-state index in [-0.39, 0.29) is 25.6 Å². The van der Waals surface area contributed by atoms with Gasteiger partial charge in [-0.3, -0.25) is 18.6 Å². The zero-order valence-corrected chi connectivity index (χ0v) is 41.0. The molecule has 0 aliphatic carbocycles. The molecular weight excluding hydrogens is 786 g/mol. The van der Waals surface area contributed by atoms with Crippen LogP contribution in [0.4, 0.5) is 0 Å². The summed E-state index contributed by atoms with van der Waals surface area (Å²) in [6.45, 7) is 4.32. The van der Waals surface area contributed by atoms with E-state index in [0.717, 1.165) is 70.6 Å². The van der Waals surface area contributed by atoms with Gasteiger partial charge in [-0.25, -0.2) is 4.57 Å². The van der Waals surface area contributed by atoms with Crippen molar-refractivity contribution in [3.8, 4) is 0 Å². The quantitative estimate of drug-likeness (QED) is 0.0212. The van der Waals surface area contributed by atoms with Crippen molar-refractivity contribution in [2.75, 3.05) is 47.5 Å². The highest BCUT2D eigenvalue weighted by Gasteiger charge is 2.27. The van der Waals surface area contributed by atoms with E-state index < -0.39 is 26.5 Å². The maximum atomic E-state index is 12.7. The lowest BCUT2D eigenvalue weighted by Gasteiger charge is -2.24. The fourth-order valence-electron chi connectivity index (χ4n) is 6.77. The van der Waals surface area contributed by atoms with Gasteiger partial charge < -0.3 is 18.9 Å². The second-order valence-corrected chi connectivity index (χ2v) is 19.3. The number of hydrogen-bond donors (Lipinski definition) is 1. The maximum absolute atomic E-state index is 12.7. The number of ether oxygens (including phenoxy) is 2. The summed E-state index contributed by atoms with van der Waals surface area (Å²) in [7, 11) is 1.48. The normalized spacial score (nSPS) is 13.9. The number of carbonyl (C=O) groups excluding carboxylic acids is 2. The van der Waals surface area contributed by atoms with Crippen molar-refractivity contribution in [3.05, 3.63) is 48.6 Å². The highest BCUT2D eigenvalue weighted by molar-refractivity contribution is 7.47. The molecule has 9 nitrogen and oxygen atoms in total. The monoisotopic (exact) mass is 881 g/mol. The topological polar surface area (TPSA) is 108 Å². The third-order valence-corrected chi connectivity index (χ3v) is 11.6. The van der Waals surface area contributed by atoms with Crippen LogP contribution in [0.2, 0.25) is 0 Å². The number of phosphoric acid groups is 1. The Morgan fingerprint density at radius 2 is 0.934 bits per heavy atom. The molecule has 0 aliphatic rings. The Hall–Kier alpha value is -2.03. The first-order valence-corrected chi connectivity index (χ1v) is 26.4. The van der Waals surface area contributed by atoms with Crippen molar-refractivity contribution in [1.82, 2.24) is 0 Å². The molecule has 2 atom stereocenters. The largest absolute Gasteiger partial charge is 0.472 e. The molecule has 356 valence electrons. The second-order valence-electron chi connectivity index (χ2n) is 17.8. The molecule has 0 amide bonds. The van der Waals surface area contributed by atoms with Crippen LogP contribution in [0, 0.1) is 0 Å². The van der Waals surface area contributed by atoms with Gasteiger partial charge in [0.1, 0.15) is 19.8 Å². The van der Waals surface area contributed by atoms with Gasteiger partial charge in [0.15, 0.2) is 6.10 Å². The highest BCUT2D eigenvalue weighted by Crippen LogP contribution is 2.43. The van der Waals surface area contributed by atoms with Crippen molar-refractivity contribution in [1.29, 1.82) is 0 Å². The molecule has 10 heteroatoms. The first-order chi connectivity index (χ1) is 29.5. The van der Waals surface area contributed by atoms with E-state index in [9.17, 15) is 19.0 Å². The number of rotatable bonds is 45. The molecule has 0 bridgehead atoms. The zero-order chi connectivity index (χ0) is 45.0. The Morgan fingerprint density at radius 1 is 0.525 bits per heavy atom. The van der Waals surface area contributed by atoms with Crippen molar-refractivity contribution in [2.45, 2.75) is 219 Å². The summed E-state index contributed by atoms with van der Waals surface area (Å²) in [5.74, 6) is -0.797. The average Bonchev–Trinajstić information content (AvgIpc) is 3.21. The van der Waals surface area contributed by atoms with Gasteiger partial charge in [-0.05, 0) is 51.4 Å². The van der Waals surface area contributed by atoms with Gasteiger partial charge in [0.05, 0.1) is 27.7 Å². The van der Waals surface area contributed by atoms with Gasteiger partial charge in [0, 0.05) is 12.8 Å². The van der Waals surface area contributed by atoms with Crippen LogP contribution >= 0.6 is 7.82 Å². The summed E-state index contributed by atoms with van der Waals surface area (Å²) in [5.41, 5.74) is 0. The third-order valence-electron chi connectivity index (χ3n) is 10.6. The molecule has 0 spiro atoms. The molecule has 0 rings (SSSR count). The lowest BCUT2D eigenvalue weighted by atomic mass is 10.0. The second kappa shape index (κ2) is 43.2. The van der Waals surface area contributed by atoms with Crippen LogP contribution in [0.3, 0.4) is 0 Å². The number of quaternary nitrogens is 1. The number of nitrogens with zero attached hydrogens (tertiary/aromatic N) is 1. The standard InChI is InChI=1S/C51H94NO8P/c1-6-8-10-12-14-16-18-20-22-23-24-25-26-27-28-29-30-32-34-36-38-40-42-44-51(54)60-49(48-59-61(55,56)58-46-45-52(3,4)5)47-57-50(53)43-41-39-37-35-33-31-21-19-17-15-13-11-9-7-2/h8,10,14,16,20,22,24-25,49H,6-7,9,11-13,15,17-19,21,23,26-48H2,1-5H3/p+1/b10-8-,16-14-,22-20-,25-24-. The summed E-state index contributed by atoms with van der Waals surface area (Å²) >= 11 is 0. The molecule has 1 N–H and O–H groups in total. The number of unbranched alkanes of at least 4 members (excludes halogenated alkanes) is 23. The molecule has 0 saturated heterocycles. The van der Waals surface area contributed by atoms with Crippen molar-refractivity contribution in [3.63, 3.8) is 0 Å². The van der Waals surface area contributed by atoms with Crippen LogP contribution < -0.4 is 0 Å². The fraction of sp³-hybridized carbons (Fsp3) is 0.804. The van der Waals surface area contributed by atoms with Crippen molar-refractivity contribution < 1.29 is 42.1 Å². The van der Waals surface area contributed by atoms with Crippen molar-refractivity contribution >= 4 is 19.8 Å². The van der Waals surface area contributed by atoms with Crippen LogP contribution in [0.5, 0.6) is 0 Å². The van der Waals surface area contributed by atoms with Crippen LogP contribution in [0.15, 0.2) is 48.6 Å². The first-order valence-electron chi connectivity index (χ1n) is 24.9. The molecule has 0 fully saturated rings. The Bertz CT molecular complexity index is 1180. The van der Waals surface area contributed by atoms with E-state index >= 15 is 0 Å². The summed E-state index contributed by atoms with van der Waals surface area (Å²) < 4.78 is 34.4. The molecule has 0 aliphatic heterocycles. The van der Waals surface area contributed by atoms with E-state index in [1.807, 2.05) is 21.1 Å². The van der Waals surface area contributed by atoms with Crippen LogP contribution in [-0.4, -0.2) is 74.9 Å². The summed E-state index contributed by atoms with van der Waals surface area (Å²) in [5, 5.41) is 0. The van der Waals surface area contributed by atoms with E-state index in [0.29, 0.717) is 23.9 Å².